The quantitative estimate of drug-likeness (QED) is 0.648. The Labute approximate surface area is 87.9 Å². The molecular formula is C7H3Cl2NO2S. The zero-order valence-corrected chi connectivity index (χ0v) is 8.76. The highest BCUT2D eigenvalue weighted by atomic mass is 35.5. The maximum atomic E-state index is 11.4. The van der Waals surface area contributed by atoms with Crippen molar-refractivity contribution in [1.82, 2.24) is 4.90 Å². The van der Waals surface area contributed by atoms with E-state index in [2.05, 4.69) is 0 Å². The van der Waals surface area contributed by atoms with Crippen molar-refractivity contribution < 1.29 is 9.59 Å². The van der Waals surface area contributed by atoms with Crippen LogP contribution in [0.5, 0.6) is 0 Å². The molecule has 2 amide bonds. The molecule has 6 heteroatoms. The van der Waals surface area contributed by atoms with E-state index in [0.29, 0.717) is 0 Å². The standard InChI is InChI=1S/C7H3Cl2NO2S/c1-10-6(11)2-3(7(10)12)5(9)13-4(2)8/h1H3. The van der Waals surface area contributed by atoms with E-state index in [0.717, 1.165) is 16.2 Å². The van der Waals surface area contributed by atoms with Gasteiger partial charge in [-0.05, 0) is 0 Å². The van der Waals surface area contributed by atoms with Crippen LogP contribution in [0.2, 0.25) is 8.67 Å². The second kappa shape index (κ2) is 2.70. The van der Waals surface area contributed by atoms with Gasteiger partial charge in [0.1, 0.15) is 8.67 Å². The molecule has 3 nitrogen and oxygen atoms in total. The zero-order chi connectivity index (χ0) is 9.75. The van der Waals surface area contributed by atoms with Crippen molar-refractivity contribution >= 4 is 46.4 Å². The predicted octanol–water partition coefficient (Wildman–Crippen LogP) is 2.28. The van der Waals surface area contributed by atoms with Crippen LogP contribution in [0.4, 0.5) is 0 Å². The van der Waals surface area contributed by atoms with Crippen LogP contribution in [-0.2, 0) is 0 Å². The molecule has 0 N–H and O–H groups in total. The zero-order valence-electron chi connectivity index (χ0n) is 6.43. The lowest BCUT2D eigenvalue weighted by atomic mass is 10.2. The molecule has 2 rings (SSSR count). The number of carbonyl (C=O) groups is 2. The summed E-state index contributed by atoms with van der Waals surface area (Å²) in [5.41, 5.74) is 0.480. The number of amides is 2. The molecule has 68 valence electrons. The molecule has 1 aromatic rings. The number of fused-ring (bicyclic) bond motifs is 1. The van der Waals surface area contributed by atoms with Crippen LogP contribution in [0.25, 0.3) is 0 Å². The fraction of sp³-hybridized carbons (Fsp3) is 0.143. The van der Waals surface area contributed by atoms with Gasteiger partial charge in [-0.3, -0.25) is 14.5 Å². The molecule has 13 heavy (non-hydrogen) atoms. The van der Waals surface area contributed by atoms with Gasteiger partial charge in [-0.15, -0.1) is 11.3 Å². The highest BCUT2D eigenvalue weighted by Gasteiger charge is 2.38. The van der Waals surface area contributed by atoms with Gasteiger partial charge in [0.05, 0.1) is 11.1 Å². The summed E-state index contributed by atoms with van der Waals surface area (Å²) >= 11 is 12.5. The first kappa shape index (κ1) is 8.99. The monoisotopic (exact) mass is 235 g/mol. The Kier molecular flexibility index (Phi) is 1.87. The Morgan fingerprint density at radius 2 is 1.46 bits per heavy atom. The van der Waals surface area contributed by atoms with Gasteiger partial charge in [-0.1, -0.05) is 23.2 Å². The summed E-state index contributed by atoms with van der Waals surface area (Å²) in [6.07, 6.45) is 0. The van der Waals surface area contributed by atoms with Gasteiger partial charge in [0.25, 0.3) is 11.8 Å². The maximum Gasteiger partial charge on any atom is 0.263 e. The van der Waals surface area contributed by atoms with Crippen molar-refractivity contribution in [3.05, 3.63) is 19.8 Å². The Hall–Kier alpha value is -0.580. The van der Waals surface area contributed by atoms with Crippen molar-refractivity contribution in [1.29, 1.82) is 0 Å². The molecule has 0 fully saturated rings. The smallest absolute Gasteiger partial charge is 0.263 e. The predicted molar refractivity (Wildman–Crippen MR) is 50.8 cm³/mol. The molecule has 0 aromatic carbocycles. The molecule has 1 aliphatic heterocycles. The minimum absolute atomic E-state index is 0.240. The number of thiophene rings is 1. The van der Waals surface area contributed by atoms with Crippen LogP contribution in [0.15, 0.2) is 0 Å². The second-order valence-electron chi connectivity index (χ2n) is 2.57. The number of rotatable bonds is 0. The number of hydrogen-bond acceptors (Lipinski definition) is 3. The average Bonchev–Trinajstić information content (AvgIpc) is 2.47. The van der Waals surface area contributed by atoms with Gasteiger partial charge in [-0.25, -0.2) is 0 Å². The van der Waals surface area contributed by atoms with Crippen molar-refractivity contribution in [2.24, 2.45) is 0 Å². The summed E-state index contributed by atoms with van der Waals surface area (Å²) in [5.74, 6) is -0.763. The van der Waals surface area contributed by atoms with Crippen molar-refractivity contribution in [3.63, 3.8) is 0 Å². The first-order valence-electron chi connectivity index (χ1n) is 3.34. The third-order valence-electron chi connectivity index (χ3n) is 1.86. The van der Waals surface area contributed by atoms with E-state index in [-0.39, 0.29) is 31.6 Å². The summed E-state index contributed by atoms with van der Waals surface area (Å²) in [5, 5.41) is 0. The van der Waals surface area contributed by atoms with Crippen LogP contribution in [0, 0.1) is 0 Å². The van der Waals surface area contributed by atoms with E-state index < -0.39 is 0 Å². The van der Waals surface area contributed by atoms with Crippen molar-refractivity contribution in [3.8, 4) is 0 Å². The third kappa shape index (κ3) is 1.03. The minimum atomic E-state index is -0.381. The van der Waals surface area contributed by atoms with Gasteiger partial charge < -0.3 is 0 Å². The first-order chi connectivity index (χ1) is 6.04. The van der Waals surface area contributed by atoms with Crippen LogP contribution >= 0.6 is 34.5 Å². The van der Waals surface area contributed by atoms with Crippen molar-refractivity contribution in [2.75, 3.05) is 7.05 Å². The summed E-state index contributed by atoms with van der Waals surface area (Å²) in [6.45, 7) is 0. The molecule has 0 bridgehead atoms. The van der Waals surface area contributed by atoms with Gasteiger partial charge >= 0.3 is 0 Å². The molecule has 0 aliphatic carbocycles. The summed E-state index contributed by atoms with van der Waals surface area (Å²) < 4.78 is 0.561. The molecule has 0 atom stereocenters. The largest absolute Gasteiger partial charge is 0.277 e. The normalized spacial score (nSPS) is 15.5. The topological polar surface area (TPSA) is 37.4 Å². The van der Waals surface area contributed by atoms with E-state index in [9.17, 15) is 9.59 Å². The van der Waals surface area contributed by atoms with Crippen LogP contribution in [0.3, 0.4) is 0 Å². The molecular weight excluding hydrogens is 233 g/mol. The number of imide groups is 1. The number of hydrogen-bond donors (Lipinski definition) is 0. The summed E-state index contributed by atoms with van der Waals surface area (Å²) in [4.78, 5) is 23.8. The number of carbonyl (C=O) groups excluding carboxylic acids is 2. The SMILES string of the molecule is CN1C(=O)c2c(Cl)sc(Cl)c2C1=O. The molecule has 1 aromatic heterocycles. The average molecular weight is 236 g/mol. The number of halogens is 2. The van der Waals surface area contributed by atoms with Crippen LogP contribution < -0.4 is 0 Å². The highest BCUT2D eigenvalue weighted by molar-refractivity contribution is 7.20. The van der Waals surface area contributed by atoms with Gasteiger partial charge in [0.15, 0.2) is 0 Å². The van der Waals surface area contributed by atoms with Gasteiger partial charge in [0, 0.05) is 7.05 Å². The van der Waals surface area contributed by atoms with E-state index >= 15 is 0 Å². The van der Waals surface area contributed by atoms with E-state index in [1.807, 2.05) is 0 Å². The Bertz CT molecular complexity index is 390. The summed E-state index contributed by atoms with van der Waals surface area (Å²) in [7, 11) is 1.40. The van der Waals surface area contributed by atoms with E-state index in [4.69, 9.17) is 23.2 Å². The number of nitrogens with zero attached hydrogens (tertiary/aromatic N) is 1. The highest BCUT2D eigenvalue weighted by Crippen LogP contribution is 2.40. The molecule has 0 unspecified atom stereocenters. The fourth-order valence-electron chi connectivity index (χ4n) is 1.19. The molecule has 0 spiro atoms. The van der Waals surface area contributed by atoms with Gasteiger partial charge in [-0.2, -0.15) is 0 Å². The Morgan fingerprint density at radius 3 is 1.85 bits per heavy atom. The third-order valence-corrected chi connectivity index (χ3v) is 3.47. The lowest BCUT2D eigenvalue weighted by Crippen LogP contribution is -2.24. The molecule has 2 heterocycles. The van der Waals surface area contributed by atoms with Crippen molar-refractivity contribution in [2.45, 2.75) is 0 Å². The fourth-order valence-corrected chi connectivity index (χ4v) is 2.86. The first-order valence-corrected chi connectivity index (χ1v) is 4.91. The molecule has 1 aliphatic rings. The van der Waals surface area contributed by atoms with Crippen LogP contribution in [-0.4, -0.2) is 23.8 Å². The lowest BCUT2D eigenvalue weighted by molar-refractivity contribution is 0.0693. The molecule has 0 saturated carbocycles. The van der Waals surface area contributed by atoms with Crippen LogP contribution in [0.1, 0.15) is 20.7 Å². The lowest BCUT2D eigenvalue weighted by Gasteiger charge is -2.04. The van der Waals surface area contributed by atoms with Gasteiger partial charge in [0.2, 0.25) is 0 Å². The molecule has 0 saturated heterocycles. The minimum Gasteiger partial charge on any atom is -0.277 e. The van der Waals surface area contributed by atoms with E-state index in [1.54, 1.807) is 0 Å². The maximum absolute atomic E-state index is 11.4. The Morgan fingerprint density at radius 1 is 1.08 bits per heavy atom. The summed E-state index contributed by atoms with van der Waals surface area (Å²) in [6, 6.07) is 0. The molecule has 0 radical (unpaired) electrons. The second-order valence-corrected chi connectivity index (χ2v) is 4.79. The van der Waals surface area contributed by atoms with E-state index in [1.165, 1.54) is 7.05 Å². The Balaban J connectivity index is 2.75.